The largest absolute Gasteiger partial charge is 0.396 e. The van der Waals surface area contributed by atoms with Crippen molar-refractivity contribution in [2.75, 3.05) is 19.3 Å². The van der Waals surface area contributed by atoms with Gasteiger partial charge in [0.25, 0.3) is 5.91 Å². The highest BCUT2D eigenvalue weighted by molar-refractivity contribution is 5.97. The molecule has 1 saturated heterocycles. The van der Waals surface area contributed by atoms with E-state index in [1.165, 1.54) is 10.9 Å². The molecule has 0 spiro atoms. The predicted molar refractivity (Wildman–Crippen MR) is 70.2 cm³/mol. The van der Waals surface area contributed by atoms with E-state index in [9.17, 15) is 4.79 Å². The number of nitrogen functional groups attached to an aromatic ring is 1. The number of carbonyl (C=O) groups excluding carboxylic acids is 1. The van der Waals surface area contributed by atoms with Crippen LogP contribution >= 0.6 is 0 Å². The second-order valence-electron chi connectivity index (χ2n) is 5.10. The molecule has 100 valence electrons. The molecule has 0 aromatic carbocycles. The normalized spacial score (nSPS) is 25.1. The number of nitrogens with two attached hydrogens (primary N) is 1. The van der Waals surface area contributed by atoms with Crippen molar-refractivity contribution in [2.45, 2.75) is 31.8 Å². The van der Waals surface area contributed by atoms with E-state index >= 15 is 0 Å². The van der Waals surface area contributed by atoms with Gasteiger partial charge in [-0.3, -0.25) is 9.48 Å². The van der Waals surface area contributed by atoms with Crippen LogP contribution in [0, 0.1) is 0 Å². The average molecular weight is 251 g/mol. The van der Waals surface area contributed by atoms with Gasteiger partial charge in [-0.25, -0.2) is 0 Å². The molecule has 1 fully saturated rings. The Balaban J connectivity index is 2.00. The Hall–Kier alpha value is -1.56. The molecule has 2 unspecified atom stereocenters. The highest BCUT2D eigenvalue weighted by Gasteiger charge is 2.25. The lowest BCUT2D eigenvalue weighted by molar-refractivity contribution is 0.0888. The van der Waals surface area contributed by atoms with E-state index < -0.39 is 0 Å². The molecule has 1 aliphatic heterocycles. The van der Waals surface area contributed by atoms with E-state index in [-0.39, 0.29) is 11.9 Å². The third kappa shape index (κ3) is 2.48. The molecule has 0 bridgehead atoms. The van der Waals surface area contributed by atoms with Crippen molar-refractivity contribution in [1.29, 1.82) is 0 Å². The summed E-state index contributed by atoms with van der Waals surface area (Å²) < 4.78 is 1.52. The fourth-order valence-corrected chi connectivity index (χ4v) is 2.41. The van der Waals surface area contributed by atoms with Crippen LogP contribution in [0.4, 0.5) is 5.69 Å². The van der Waals surface area contributed by atoms with Gasteiger partial charge in [0.15, 0.2) is 0 Å². The minimum Gasteiger partial charge on any atom is -0.396 e. The summed E-state index contributed by atoms with van der Waals surface area (Å²) in [5.74, 6) is -0.130. The van der Waals surface area contributed by atoms with Crippen LogP contribution in [0.15, 0.2) is 6.20 Å². The van der Waals surface area contributed by atoms with Crippen molar-refractivity contribution in [3.63, 3.8) is 0 Å². The number of nitrogens with one attached hydrogen (secondary N) is 1. The molecule has 6 heteroatoms. The molecule has 1 aliphatic rings. The minimum atomic E-state index is -0.130. The Bertz CT molecular complexity index is 422. The average Bonchev–Trinajstić information content (AvgIpc) is 2.64. The molecule has 1 aromatic heterocycles. The van der Waals surface area contributed by atoms with Crippen molar-refractivity contribution < 1.29 is 4.79 Å². The van der Waals surface area contributed by atoms with Crippen molar-refractivity contribution >= 4 is 11.6 Å². The summed E-state index contributed by atoms with van der Waals surface area (Å²) in [7, 11) is 3.84. The van der Waals surface area contributed by atoms with Gasteiger partial charge in [-0.2, -0.15) is 5.10 Å². The number of piperidine rings is 1. The van der Waals surface area contributed by atoms with Gasteiger partial charge in [0.1, 0.15) is 5.69 Å². The molecular weight excluding hydrogens is 230 g/mol. The molecule has 18 heavy (non-hydrogen) atoms. The number of nitrogens with zero attached hydrogens (tertiary/aromatic N) is 3. The van der Waals surface area contributed by atoms with Crippen LogP contribution in [-0.4, -0.2) is 46.3 Å². The number of anilines is 1. The summed E-state index contributed by atoms with van der Waals surface area (Å²) in [5.41, 5.74) is 6.62. The van der Waals surface area contributed by atoms with E-state index in [1.54, 1.807) is 7.05 Å². The summed E-state index contributed by atoms with van der Waals surface area (Å²) in [6.45, 7) is 3.18. The van der Waals surface area contributed by atoms with Crippen LogP contribution in [0.25, 0.3) is 0 Å². The van der Waals surface area contributed by atoms with Gasteiger partial charge < -0.3 is 16.0 Å². The molecule has 0 radical (unpaired) electrons. The Morgan fingerprint density at radius 1 is 1.56 bits per heavy atom. The maximum absolute atomic E-state index is 12.1. The van der Waals surface area contributed by atoms with E-state index in [4.69, 9.17) is 5.73 Å². The number of hydrogen-bond donors (Lipinski definition) is 2. The molecule has 6 nitrogen and oxygen atoms in total. The Morgan fingerprint density at radius 2 is 2.28 bits per heavy atom. The lowest BCUT2D eigenvalue weighted by Gasteiger charge is -2.35. The Labute approximate surface area is 107 Å². The third-order valence-corrected chi connectivity index (χ3v) is 3.73. The van der Waals surface area contributed by atoms with E-state index in [0.29, 0.717) is 17.4 Å². The van der Waals surface area contributed by atoms with Crippen LogP contribution in [0.1, 0.15) is 30.3 Å². The first kappa shape index (κ1) is 12.9. The zero-order valence-corrected chi connectivity index (χ0v) is 11.2. The topological polar surface area (TPSA) is 76.2 Å². The third-order valence-electron chi connectivity index (χ3n) is 3.73. The highest BCUT2D eigenvalue weighted by atomic mass is 16.2. The number of amides is 1. The summed E-state index contributed by atoms with van der Waals surface area (Å²) in [6, 6.07) is 0.714. The SMILES string of the molecule is CC1CC(NC(=O)c2c(N)cnn2C)CCN1C. The van der Waals surface area contributed by atoms with Crippen LogP contribution in [0.2, 0.25) is 0 Å². The minimum absolute atomic E-state index is 0.130. The fourth-order valence-electron chi connectivity index (χ4n) is 2.41. The zero-order valence-electron chi connectivity index (χ0n) is 11.2. The van der Waals surface area contributed by atoms with Crippen molar-refractivity contribution in [3.8, 4) is 0 Å². The van der Waals surface area contributed by atoms with Crippen molar-refractivity contribution in [1.82, 2.24) is 20.0 Å². The lowest BCUT2D eigenvalue weighted by atomic mass is 9.99. The second kappa shape index (κ2) is 4.97. The number of likely N-dealkylation sites (tertiary alicyclic amines) is 1. The van der Waals surface area contributed by atoms with Crippen molar-refractivity contribution in [2.24, 2.45) is 7.05 Å². The number of hydrogen-bond acceptors (Lipinski definition) is 4. The molecule has 1 aromatic rings. The van der Waals surface area contributed by atoms with Gasteiger partial charge in [-0.15, -0.1) is 0 Å². The van der Waals surface area contributed by atoms with E-state index in [1.807, 2.05) is 0 Å². The predicted octanol–water partition coefficient (Wildman–Crippen LogP) is 0.215. The first-order valence-corrected chi connectivity index (χ1v) is 6.27. The molecule has 3 N–H and O–H groups in total. The monoisotopic (exact) mass is 251 g/mol. The van der Waals surface area contributed by atoms with Gasteiger partial charge in [-0.1, -0.05) is 0 Å². The first-order chi connectivity index (χ1) is 8.49. The first-order valence-electron chi connectivity index (χ1n) is 6.27. The van der Waals surface area contributed by atoms with Crippen LogP contribution < -0.4 is 11.1 Å². The highest BCUT2D eigenvalue weighted by Crippen LogP contribution is 2.16. The maximum Gasteiger partial charge on any atom is 0.271 e. The van der Waals surface area contributed by atoms with Gasteiger partial charge >= 0.3 is 0 Å². The molecule has 2 rings (SSSR count). The zero-order chi connectivity index (χ0) is 13.3. The molecule has 2 heterocycles. The van der Waals surface area contributed by atoms with Gasteiger partial charge in [-0.05, 0) is 26.8 Å². The quantitative estimate of drug-likeness (QED) is 0.788. The lowest BCUT2D eigenvalue weighted by Crippen LogP contribution is -2.47. The second-order valence-corrected chi connectivity index (χ2v) is 5.10. The Kier molecular flexibility index (Phi) is 3.56. The van der Waals surface area contributed by atoms with E-state index in [2.05, 4.69) is 29.3 Å². The standard InChI is InChI=1S/C12H21N5O/c1-8-6-9(4-5-16(8)2)15-12(18)11-10(13)7-14-17(11)3/h7-9H,4-6,13H2,1-3H3,(H,15,18). The number of rotatable bonds is 2. The summed E-state index contributed by atoms with van der Waals surface area (Å²) in [4.78, 5) is 14.4. The van der Waals surface area contributed by atoms with Crippen LogP contribution in [0.3, 0.4) is 0 Å². The maximum atomic E-state index is 12.1. The number of aromatic nitrogens is 2. The summed E-state index contributed by atoms with van der Waals surface area (Å²) in [5, 5.41) is 7.03. The van der Waals surface area contributed by atoms with Gasteiger partial charge in [0.05, 0.1) is 11.9 Å². The molecular formula is C12H21N5O. The van der Waals surface area contributed by atoms with Crippen LogP contribution in [0.5, 0.6) is 0 Å². The molecule has 2 atom stereocenters. The fraction of sp³-hybridized carbons (Fsp3) is 0.667. The number of aryl methyl sites for hydroxylation is 1. The molecule has 0 aliphatic carbocycles. The molecule has 1 amide bonds. The summed E-state index contributed by atoms with van der Waals surface area (Å²) >= 11 is 0. The smallest absolute Gasteiger partial charge is 0.271 e. The Morgan fingerprint density at radius 3 is 2.83 bits per heavy atom. The summed E-state index contributed by atoms with van der Waals surface area (Å²) in [6.07, 6.45) is 3.45. The molecule has 0 saturated carbocycles. The van der Waals surface area contributed by atoms with Crippen molar-refractivity contribution in [3.05, 3.63) is 11.9 Å². The number of carbonyl (C=O) groups is 1. The van der Waals surface area contributed by atoms with Crippen LogP contribution in [-0.2, 0) is 7.05 Å². The van der Waals surface area contributed by atoms with E-state index in [0.717, 1.165) is 19.4 Å². The van der Waals surface area contributed by atoms with Gasteiger partial charge in [0.2, 0.25) is 0 Å². The van der Waals surface area contributed by atoms with Gasteiger partial charge in [0, 0.05) is 25.7 Å².